The summed E-state index contributed by atoms with van der Waals surface area (Å²) in [5.41, 5.74) is 1.19. The van der Waals surface area contributed by atoms with Crippen LogP contribution >= 0.6 is 11.6 Å². The molecule has 0 saturated heterocycles. The first kappa shape index (κ1) is 23.5. The Kier molecular flexibility index (Phi) is 5.90. The Morgan fingerprint density at radius 1 is 1.08 bits per heavy atom. The molecule has 36 heavy (non-hydrogen) atoms. The lowest BCUT2D eigenvalue weighted by atomic mass is 10.2. The summed E-state index contributed by atoms with van der Waals surface area (Å²) >= 11 is 5.79. The molecule has 3 aromatic heterocycles. The van der Waals surface area contributed by atoms with E-state index in [4.69, 9.17) is 11.6 Å². The van der Waals surface area contributed by atoms with Crippen molar-refractivity contribution in [3.8, 4) is 5.82 Å². The van der Waals surface area contributed by atoms with Crippen molar-refractivity contribution < 1.29 is 17.6 Å². The number of rotatable bonds is 6. The fourth-order valence-electron chi connectivity index (χ4n) is 3.57. The maximum atomic E-state index is 13.4. The topological polar surface area (TPSA) is 124 Å². The first-order valence-electron chi connectivity index (χ1n) is 10.4. The SMILES string of the molecule is Cn1nc2cc(NS(=O)(=O)c3cnn(-c4ccccn4)c3)ccc2c1C(=O)Nc1ccc(F)c(Cl)c1. The molecule has 0 spiro atoms. The van der Waals surface area contributed by atoms with Gasteiger partial charge in [-0.25, -0.2) is 22.5 Å². The molecule has 2 aromatic carbocycles. The van der Waals surface area contributed by atoms with E-state index in [0.717, 1.165) is 6.07 Å². The molecule has 5 aromatic rings. The van der Waals surface area contributed by atoms with Crippen LogP contribution in [0.25, 0.3) is 16.7 Å². The molecule has 0 aliphatic heterocycles. The minimum absolute atomic E-state index is 0.0488. The minimum atomic E-state index is -3.96. The average Bonchev–Trinajstić information content (AvgIpc) is 3.46. The van der Waals surface area contributed by atoms with Gasteiger partial charge in [0.1, 0.15) is 16.4 Å². The van der Waals surface area contributed by atoms with E-state index in [1.165, 1.54) is 46.0 Å². The van der Waals surface area contributed by atoms with E-state index in [-0.39, 0.29) is 21.3 Å². The molecule has 5 rings (SSSR count). The summed E-state index contributed by atoms with van der Waals surface area (Å²) in [5, 5.41) is 11.4. The van der Waals surface area contributed by atoms with Crippen molar-refractivity contribution in [2.75, 3.05) is 10.0 Å². The highest BCUT2D eigenvalue weighted by Crippen LogP contribution is 2.26. The van der Waals surface area contributed by atoms with Gasteiger partial charge in [0.25, 0.3) is 15.9 Å². The summed E-state index contributed by atoms with van der Waals surface area (Å²) < 4.78 is 44.5. The van der Waals surface area contributed by atoms with Crippen LogP contribution in [0, 0.1) is 5.82 Å². The molecule has 0 saturated carbocycles. The second-order valence-corrected chi connectivity index (χ2v) is 9.79. The van der Waals surface area contributed by atoms with Gasteiger partial charge in [0.15, 0.2) is 5.82 Å². The number of carbonyl (C=O) groups excluding carboxylic acids is 1. The number of aryl methyl sites for hydroxylation is 1. The highest BCUT2D eigenvalue weighted by molar-refractivity contribution is 7.92. The zero-order valence-electron chi connectivity index (χ0n) is 18.6. The van der Waals surface area contributed by atoms with Crippen molar-refractivity contribution in [1.82, 2.24) is 24.5 Å². The van der Waals surface area contributed by atoms with Gasteiger partial charge in [-0.1, -0.05) is 17.7 Å². The predicted octanol–water partition coefficient (Wildman–Crippen LogP) is 4.00. The third kappa shape index (κ3) is 4.51. The number of aromatic nitrogens is 5. The quantitative estimate of drug-likeness (QED) is 0.345. The van der Waals surface area contributed by atoms with Gasteiger partial charge in [-0.15, -0.1) is 0 Å². The Labute approximate surface area is 209 Å². The van der Waals surface area contributed by atoms with Crippen molar-refractivity contribution in [3.05, 3.63) is 89.7 Å². The van der Waals surface area contributed by atoms with Gasteiger partial charge in [0.2, 0.25) is 0 Å². The zero-order chi connectivity index (χ0) is 25.4. The molecule has 182 valence electrons. The summed E-state index contributed by atoms with van der Waals surface area (Å²) in [5.74, 6) is -0.611. The molecule has 0 bridgehead atoms. The Hall–Kier alpha value is -4.29. The highest BCUT2D eigenvalue weighted by atomic mass is 35.5. The number of benzene rings is 2. The number of amides is 1. The van der Waals surface area contributed by atoms with Crippen LogP contribution in [-0.2, 0) is 17.1 Å². The smallest absolute Gasteiger partial charge is 0.274 e. The van der Waals surface area contributed by atoms with Crippen LogP contribution in [0.4, 0.5) is 15.8 Å². The van der Waals surface area contributed by atoms with E-state index >= 15 is 0 Å². The van der Waals surface area contributed by atoms with Gasteiger partial charge in [0.05, 0.1) is 28.6 Å². The normalized spacial score (nSPS) is 11.5. The summed E-state index contributed by atoms with van der Waals surface area (Å²) in [6.07, 6.45) is 4.16. The number of hydrogen-bond acceptors (Lipinski definition) is 6. The van der Waals surface area contributed by atoms with Crippen LogP contribution < -0.4 is 10.0 Å². The lowest BCUT2D eigenvalue weighted by Crippen LogP contribution is -2.16. The van der Waals surface area contributed by atoms with Gasteiger partial charge in [-0.2, -0.15) is 10.2 Å². The molecular formula is C23H17ClFN7O3S. The van der Waals surface area contributed by atoms with Crippen LogP contribution in [0.2, 0.25) is 5.02 Å². The van der Waals surface area contributed by atoms with Gasteiger partial charge in [-0.05, 0) is 48.5 Å². The second-order valence-electron chi connectivity index (χ2n) is 7.70. The number of anilines is 2. The average molecular weight is 526 g/mol. The number of fused-ring (bicyclic) bond motifs is 1. The maximum Gasteiger partial charge on any atom is 0.274 e. The van der Waals surface area contributed by atoms with Crippen molar-refractivity contribution >= 4 is 49.8 Å². The number of hydrogen-bond donors (Lipinski definition) is 2. The van der Waals surface area contributed by atoms with Gasteiger partial charge in [-0.3, -0.25) is 14.2 Å². The van der Waals surface area contributed by atoms with E-state index in [1.807, 2.05) is 0 Å². The van der Waals surface area contributed by atoms with E-state index in [0.29, 0.717) is 22.4 Å². The number of nitrogens with one attached hydrogen (secondary N) is 2. The van der Waals surface area contributed by atoms with Gasteiger partial charge in [0, 0.05) is 24.3 Å². The molecule has 10 nitrogen and oxygen atoms in total. The summed E-state index contributed by atoms with van der Waals surface area (Å²) in [4.78, 5) is 17.0. The van der Waals surface area contributed by atoms with Crippen molar-refractivity contribution in [2.24, 2.45) is 7.05 Å². The predicted molar refractivity (Wildman–Crippen MR) is 132 cm³/mol. The van der Waals surface area contributed by atoms with Crippen LogP contribution in [0.3, 0.4) is 0 Å². The van der Waals surface area contributed by atoms with E-state index in [2.05, 4.69) is 25.2 Å². The Morgan fingerprint density at radius 3 is 2.64 bits per heavy atom. The van der Waals surface area contributed by atoms with Gasteiger partial charge < -0.3 is 5.32 Å². The number of carbonyl (C=O) groups is 1. The van der Waals surface area contributed by atoms with Crippen molar-refractivity contribution in [3.63, 3.8) is 0 Å². The highest BCUT2D eigenvalue weighted by Gasteiger charge is 2.21. The van der Waals surface area contributed by atoms with Crippen LogP contribution in [0.5, 0.6) is 0 Å². The number of nitrogens with zero attached hydrogens (tertiary/aromatic N) is 5. The fraction of sp³-hybridized carbons (Fsp3) is 0.0435. The second kappa shape index (κ2) is 9.06. The molecule has 2 N–H and O–H groups in total. The Morgan fingerprint density at radius 2 is 1.89 bits per heavy atom. The number of sulfonamides is 1. The molecule has 0 atom stereocenters. The van der Waals surface area contributed by atoms with E-state index in [9.17, 15) is 17.6 Å². The molecule has 0 fully saturated rings. The van der Waals surface area contributed by atoms with Crippen LogP contribution in [0.1, 0.15) is 10.5 Å². The lowest BCUT2D eigenvalue weighted by molar-refractivity contribution is 0.101. The summed E-state index contributed by atoms with van der Waals surface area (Å²) in [7, 11) is -2.37. The van der Waals surface area contributed by atoms with Crippen molar-refractivity contribution in [2.45, 2.75) is 4.90 Å². The Balaban J connectivity index is 1.39. The maximum absolute atomic E-state index is 13.4. The molecule has 1 amide bonds. The molecule has 3 heterocycles. The fourth-order valence-corrected chi connectivity index (χ4v) is 4.73. The third-order valence-corrected chi connectivity index (χ3v) is 6.86. The summed E-state index contributed by atoms with van der Waals surface area (Å²) in [6, 6.07) is 13.7. The summed E-state index contributed by atoms with van der Waals surface area (Å²) in [6.45, 7) is 0. The standard InChI is InChI=1S/C23H17ClFN7O3S/c1-31-22(23(33)28-14-6-8-19(25)18(24)10-14)17-7-5-15(11-20(17)29-31)30-36(34,35)16-12-27-32(13-16)21-4-2-3-9-26-21/h2-13,30H,1H3,(H,28,33). The van der Waals surface area contributed by atoms with Crippen LogP contribution in [-0.4, -0.2) is 38.9 Å². The number of pyridine rings is 1. The van der Waals surface area contributed by atoms with Gasteiger partial charge >= 0.3 is 0 Å². The molecule has 0 aliphatic rings. The monoisotopic (exact) mass is 525 g/mol. The van der Waals surface area contributed by atoms with Crippen LogP contribution in [0.15, 0.2) is 78.1 Å². The molecular weight excluding hydrogens is 509 g/mol. The zero-order valence-corrected chi connectivity index (χ0v) is 20.1. The van der Waals surface area contributed by atoms with Crippen molar-refractivity contribution in [1.29, 1.82) is 0 Å². The molecule has 13 heteroatoms. The Bertz CT molecular complexity index is 1720. The molecule has 0 radical (unpaired) electrons. The third-order valence-electron chi connectivity index (χ3n) is 5.23. The molecule has 0 aliphatic carbocycles. The van der Waals surface area contributed by atoms with E-state index < -0.39 is 21.7 Å². The number of halogens is 2. The largest absolute Gasteiger partial charge is 0.321 e. The van der Waals surface area contributed by atoms with E-state index in [1.54, 1.807) is 37.5 Å². The lowest BCUT2D eigenvalue weighted by Gasteiger charge is -2.07. The molecule has 0 unspecified atom stereocenters. The first-order chi connectivity index (χ1) is 17.2. The first-order valence-corrected chi connectivity index (χ1v) is 12.3. The minimum Gasteiger partial charge on any atom is -0.321 e.